The van der Waals surface area contributed by atoms with Crippen LogP contribution in [-0.2, 0) is 6.42 Å². The molecule has 100 valence electrons. The van der Waals surface area contributed by atoms with Gasteiger partial charge in [0.05, 0.1) is 0 Å². The maximum absolute atomic E-state index is 6.10. The summed E-state index contributed by atoms with van der Waals surface area (Å²) in [5.74, 6) is 0. The van der Waals surface area contributed by atoms with E-state index < -0.39 is 0 Å². The predicted octanol–water partition coefficient (Wildman–Crippen LogP) is 4.66. The zero-order valence-corrected chi connectivity index (χ0v) is 11.7. The smallest absolute Gasteiger partial charge is 0.0418 e. The Morgan fingerprint density at radius 3 is 2.47 bits per heavy atom. The summed E-state index contributed by atoms with van der Waals surface area (Å²) in [4.78, 5) is 0. The van der Waals surface area contributed by atoms with Gasteiger partial charge in [-0.1, -0.05) is 31.5 Å². The molecule has 0 saturated heterocycles. The second kappa shape index (κ2) is 6.28. The van der Waals surface area contributed by atoms with Crippen molar-refractivity contribution < 1.29 is 0 Å². The lowest BCUT2D eigenvalue weighted by atomic mass is 9.99. The van der Waals surface area contributed by atoms with E-state index in [1.807, 2.05) is 24.3 Å². The molecule has 0 fully saturated rings. The van der Waals surface area contributed by atoms with E-state index in [2.05, 4.69) is 37.4 Å². The summed E-state index contributed by atoms with van der Waals surface area (Å²) in [5.41, 5.74) is 11.8. The van der Waals surface area contributed by atoms with Crippen LogP contribution in [0, 0.1) is 6.92 Å². The summed E-state index contributed by atoms with van der Waals surface area (Å²) < 4.78 is 0. The topological polar surface area (TPSA) is 38.0 Å². The maximum Gasteiger partial charge on any atom is 0.0418 e. The highest BCUT2D eigenvalue weighted by molar-refractivity contribution is 5.69. The highest BCUT2D eigenvalue weighted by Crippen LogP contribution is 2.28. The molecular formula is C17H22N2. The molecule has 0 aromatic heterocycles. The Hall–Kier alpha value is -1.96. The fraction of sp³-hybridized carbons (Fsp3) is 0.294. The molecule has 2 aromatic rings. The molecule has 0 saturated carbocycles. The monoisotopic (exact) mass is 254 g/mol. The van der Waals surface area contributed by atoms with Crippen LogP contribution < -0.4 is 11.1 Å². The highest BCUT2D eigenvalue weighted by Gasteiger charge is 2.07. The van der Waals surface area contributed by atoms with E-state index in [0.29, 0.717) is 0 Å². The zero-order chi connectivity index (χ0) is 13.7. The van der Waals surface area contributed by atoms with Gasteiger partial charge >= 0.3 is 0 Å². The molecule has 0 aliphatic carbocycles. The Balaban J connectivity index is 2.26. The predicted molar refractivity (Wildman–Crippen MR) is 83.9 cm³/mol. The number of nitrogens with one attached hydrogen (secondary N) is 1. The first-order valence-electron chi connectivity index (χ1n) is 6.92. The Kier molecular flexibility index (Phi) is 4.45. The molecule has 0 atom stereocenters. The van der Waals surface area contributed by atoms with Crippen molar-refractivity contribution in [2.24, 2.45) is 0 Å². The van der Waals surface area contributed by atoms with Crippen LogP contribution in [-0.4, -0.2) is 0 Å². The van der Waals surface area contributed by atoms with Crippen molar-refractivity contribution in [1.82, 2.24) is 0 Å². The minimum atomic E-state index is 0.907. The lowest BCUT2D eigenvalue weighted by Crippen LogP contribution is -2.02. The van der Waals surface area contributed by atoms with Crippen molar-refractivity contribution in [3.8, 4) is 0 Å². The van der Waals surface area contributed by atoms with E-state index in [1.54, 1.807) is 0 Å². The van der Waals surface area contributed by atoms with Crippen molar-refractivity contribution in [2.45, 2.75) is 33.1 Å². The molecule has 2 heteroatoms. The van der Waals surface area contributed by atoms with Gasteiger partial charge in [0.25, 0.3) is 0 Å². The first-order valence-corrected chi connectivity index (χ1v) is 6.92. The van der Waals surface area contributed by atoms with Gasteiger partial charge < -0.3 is 11.1 Å². The van der Waals surface area contributed by atoms with Gasteiger partial charge in [-0.05, 0) is 55.2 Å². The first kappa shape index (κ1) is 13.5. The number of nitrogens with two attached hydrogens (primary N) is 1. The second-order valence-electron chi connectivity index (χ2n) is 4.90. The van der Waals surface area contributed by atoms with E-state index in [0.717, 1.165) is 23.5 Å². The van der Waals surface area contributed by atoms with Crippen LogP contribution >= 0.6 is 0 Å². The van der Waals surface area contributed by atoms with Crippen molar-refractivity contribution in [3.05, 3.63) is 53.6 Å². The summed E-state index contributed by atoms with van der Waals surface area (Å²) >= 11 is 0. The minimum Gasteiger partial charge on any atom is -0.398 e. The Bertz CT molecular complexity index is 532. The van der Waals surface area contributed by atoms with E-state index in [4.69, 9.17) is 5.73 Å². The van der Waals surface area contributed by atoms with E-state index in [9.17, 15) is 0 Å². The third-order valence-electron chi connectivity index (χ3n) is 3.47. The summed E-state index contributed by atoms with van der Waals surface area (Å²) in [6.07, 6.45) is 3.42. The summed E-state index contributed by atoms with van der Waals surface area (Å²) in [6, 6.07) is 14.3. The molecule has 2 nitrogen and oxygen atoms in total. The highest BCUT2D eigenvalue weighted by atomic mass is 14.9. The minimum absolute atomic E-state index is 0.907. The molecular weight excluding hydrogens is 232 g/mol. The van der Waals surface area contributed by atoms with Gasteiger partial charge in [0.1, 0.15) is 0 Å². The summed E-state index contributed by atoms with van der Waals surface area (Å²) in [6.45, 7) is 4.35. The fourth-order valence-electron chi connectivity index (χ4n) is 2.28. The zero-order valence-electron chi connectivity index (χ0n) is 11.7. The second-order valence-corrected chi connectivity index (χ2v) is 4.90. The molecule has 0 spiro atoms. The number of anilines is 3. The van der Waals surface area contributed by atoms with Crippen molar-refractivity contribution in [3.63, 3.8) is 0 Å². The molecule has 3 N–H and O–H groups in total. The van der Waals surface area contributed by atoms with Gasteiger partial charge in [-0.2, -0.15) is 0 Å². The molecule has 0 aliphatic rings. The summed E-state index contributed by atoms with van der Waals surface area (Å²) in [7, 11) is 0. The number of benzene rings is 2. The number of rotatable bonds is 5. The van der Waals surface area contributed by atoms with E-state index in [1.165, 1.54) is 24.0 Å². The Morgan fingerprint density at radius 1 is 1.05 bits per heavy atom. The number of para-hydroxylation sites is 1. The van der Waals surface area contributed by atoms with Gasteiger partial charge in [-0.25, -0.2) is 0 Å². The number of unbranched alkanes of at least 4 members (excludes halogenated alkanes) is 1. The van der Waals surface area contributed by atoms with Crippen LogP contribution in [0.25, 0.3) is 0 Å². The molecule has 2 aromatic carbocycles. The van der Waals surface area contributed by atoms with E-state index in [-0.39, 0.29) is 0 Å². The average molecular weight is 254 g/mol. The van der Waals surface area contributed by atoms with Crippen LogP contribution in [0.3, 0.4) is 0 Å². The molecule has 0 bridgehead atoms. The van der Waals surface area contributed by atoms with Gasteiger partial charge in [0, 0.05) is 17.1 Å². The standard InChI is InChI=1S/C17H22N2/c1-3-4-10-15-13(2)17(12-11-16(15)18)19-14-8-6-5-7-9-14/h5-9,11-12,19H,3-4,10,18H2,1-2H3. The Morgan fingerprint density at radius 2 is 1.79 bits per heavy atom. The number of hydrogen-bond donors (Lipinski definition) is 2. The lowest BCUT2D eigenvalue weighted by molar-refractivity contribution is 0.793. The normalized spacial score (nSPS) is 10.4. The largest absolute Gasteiger partial charge is 0.398 e. The lowest BCUT2D eigenvalue weighted by Gasteiger charge is -2.15. The molecule has 2 rings (SSSR count). The van der Waals surface area contributed by atoms with Gasteiger partial charge in [0.15, 0.2) is 0 Å². The molecule has 19 heavy (non-hydrogen) atoms. The molecule has 0 aliphatic heterocycles. The third-order valence-corrected chi connectivity index (χ3v) is 3.47. The maximum atomic E-state index is 6.10. The van der Waals surface area contributed by atoms with Crippen LogP contribution in [0.2, 0.25) is 0 Å². The quantitative estimate of drug-likeness (QED) is 0.761. The van der Waals surface area contributed by atoms with Crippen LogP contribution in [0.15, 0.2) is 42.5 Å². The fourth-order valence-corrected chi connectivity index (χ4v) is 2.28. The van der Waals surface area contributed by atoms with Crippen LogP contribution in [0.5, 0.6) is 0 Å². The van der Waals surface area contributed by atoms with Gasteiger partial charge in [-0.15, -0.1) is 0 Å². The Labute approximate surface area is 115 Å². The summed E-state index contributed by atoms with van der Waals surface area (Å²) in [5, 5.41) is 3.46. The van der Waals surface area contributed by atoms with Gasteiger partial charge in [-0.3, -0.25) is 0 Å². The van der Waals surface area contributed by atoms with E-state index >= 15 is 0 Å². The van der Waals surface area contributed by atoms with Crippen molar-refractivity contribution in [1.29, 1.82) is 0 Å². The number of hydrogen-bond acceptors (Lipinski definition) is 2. The molecule has 0 unspecified atom stereocenters. The van der Waals surface area contributed by atoms with Crippen LogP contribution in [0.1, 0.15) is 30.9 Å². The molecule has 0 amide bonds. The SMILES string of the molecule is CCCCc1c(N)ccc(Nc2ccccc2)c1C. The molecule has 0 radical (unpaired) electrons. The van der Waals surface area contributed by atoms with Crippen molar-refractivity contribution in [2.75, 3.05) is 11.1 Å². The average Bonchev–Trinajstić information content (AvgIpc) is 2.43. The van der Waals surface area contributed by atoms with Crippen LogP contribution in [0.4, 0.5) is 17.1 Å². The van der Waals surface area contributed by atoms with Gasteiger partial charge in [0.2, 0.25) is 0 Å². The third kappa shape index (κ3) is 3.28. The number of nitrogen functional groups attached to an aromatic ring is 1. The first-order chi connectivity index (χ1) is 9.22. The van der Waals surface area contributed by atoms with Crippen molar-refractivity contribution >= 4 is 17.1 Å². The molecule has 0 heterocycles.